The Bertz CT molecular complexity index is 888. The molecular weight excluding hydrogens is 368 g/mol. The van der Waals surface area contributed by atoms with Crippen LogP contribution in [-0.4, -0.2) is 44.2 Å². The molecule has 0 atom stereocenters. The number of benzene rings is 2. The molecule has 0 aromatic heterocycles. The third-order valence-electron chi connectivity index (χ3n) is 4.81. The van der Waals surface area contributed by atoms with Gasteiger partial charge in [0.25, 0.3) is 0 Å². The van der Waals surface area contributed by atoms with Crippen molar-refractivity contribution in [3.8, 4) is 0 Å². The van der Waals surface area contributed by atoms with Crippen molar-refractivity contribution < 1.29 is 19.1 Å². The first-order valence-electron chi connectivity index (χ1n) is 10.2. The number of rotatable bonds is 10. The minimum atomic E-state index is -0.430. The molecule has 6 nitrogen and oxygen atoms in total. The van der Waals surface area contributed by atoms with E-state index in [1.54, 1.807) is 24.3 Å². The lowest BCUT2D eigenvalue weighted by Gasteiger charge is -2.25. The van der Waals surface area contributed by atoms with E-state index < -0.39 is 6.29 Å². The van der Waals surface area contributed by atoms with Gasteiger partial charge < -0.3 is 20.1 Å². The average Bonchev–Trinajstić information content (AvgIpc) is 2.74. The molecule has 0 saturated heterocycles. The summed E-state index contributed by atoms with van der Waals surface area (Å²) < 4.78 is 11.2. The highest BCUT2D eigenvalue weighted by Gasteiger charge is 2.33. The van der Waals surface area contributed by atoms with Gasteiger partial charge in [-0.3, -0.25) is 9.59 Å². The number of carbonyl (C=O) groups excluding carboxylic acids is 2. The molecule has 3 rings (SSSR count). The van der Waals surface area contributed by atoms with Crippen molar-refractivity contribution in [2.75, 3.05) is 36.9 Å². The fourth-order valence-electron chi connectivity index (χ4n) is 3.51. The first-order chi connectivity index (χ1) is 14.1. The van der Waals surface area contributed by atoms with Gasteiger partial charge in [-0.25, -0.2) is 0 Å². The third kappa shape index (κ3) is 4.33. The van der Waals surface area contributed by atoms with Crippen molar-refractivity contribution in [3.05, 3.63) is 58.7 Å². The predicted octanol–water partition coefficient (Wildman–Crippen LogP) is 4.09. The Labute approximate surface area is 171 Å². The number of ether oxygens (including phenoxy) is 2. The molecule has 1 aliphatic rings. The van der Waals surface area contributed by atoms with Crippen LogP contribution in [0, 0.1) is 0 Å². The van der Waals surface area contributed by atoms with Crippen LogP contribution in [0.2, 0.25) is 0 Å². The summed E-state index contributed by atoms with van der Waals surface area (Å²) in [6.07, 6.45) is 0.484. The normalized spacial score (nSPS) is 12.7. The topological polar surface area (TPSA) is 76.7 Å². The molecule has 2 aromatic carbocycles. The molecule has 6 heteroatoms. The summed E-state index contributed by atoms with van der Waals surface area (Å²) in [5.41, 5.74) is 3.01. The Morgan fingerprint density at radius 2 is 1.31 bits per heavy atom. The van der Waals surface area contributed by atoms with Crippen LogP contribution in [0.1, 0.15) is 59.0 Å². The maximum absolute atomic E-state index is 13.3. The lowest BCUT2D eigenvalue weighted by Crippen LogP contribution is -2.29. The van der Waals surface area contributed by atoms with Crippen LogP contribution in [0.5, 0.6) is 0 Å². The Hall–Kier alpha value is -2.70. The fraction of sp³-hybridized carbons (Fsp3) is 0.391. The van der Waals surface area contributed by atoms with Crippen LogP contribution in [0.15, 0.2) is 36.4 Å². The van der Waals surface area contributed by atoms with E-state index in [1.807, 2.05) is 26.0 Å². The summed E-state index contributed by atoms with van der Waals surface area (Å²) in [6, 6.07) is 10.7. The van der Waals surface area contributed by atoms with E-state index in [2.05, 4.69) is 17.6 Å². The molecule has 0 fully saturated rings. The Kier molecular flexibility index (Phi) is 7.01. The monoisotopic (exact) mass is 396 g/mol. The molecule has 0 unspecified atom stereocenters. The Morgan fingerprint density at radius 3 is 1.79 bits per heavy atom. The highest BCUT2D eigenvalue weighted by atomic mass is 16.7. The minimum absolute atomic E-state index is 0.136. The van der Waals surface area contributed by atoms with E-state index in [4.69, 9.17) is 9.47 Å². The van der Waals surface area contributed by atoms with Crippen LogP contribution < -0.4 is 10.6 Å². The molecule has 29 heavy (non-hydrogen) atoms. The van der Waals surface area contributed by atoms with Gasteiger partial charge in [0, 0.05) is 42.3 Å². The van der Waals surface area contributed by atoms with Crippen molar-refractivity contribution >= 4 is 22.9 Å². The Balaban J connectivity index is 2.01. The smallest absolute Gasteiger partial charge is 0.196 e. The van der Waals surface area contributed by atoms with Gasteiger partial charge in [0.15, 0.2) is 17.9 Å². The summed E-state index contributed by atoms with van der Waals surface area (Å²) in [5.74, 6) is -0.286. The molecular formula is C23H28N2O4. The number of hydrogen-bond donors (Lipinski definition) is 2. The van der Waals surface area contributed by atoms with Crippen molar-refractivity contribution in [1.82, 2.24) is 0 Å². The maximum atomic E-state index is 13.3. The SMILES string of the molecule is CCCNc1ccc(NCC(OCC)OCC)c2c1C(=O)c1ccccc1C2=O. The lowest BCUT2D eigenvalue weighted by molar-refractivity contribution is -0.126. The molecule has 0 amide bonds. The van der Waals surface area contributed by atoms with E-state index in [0.717, 1.165) is 13.0 Å². The molecule has 0 heterocycles. The van der Waals surface area contributed by atoms with Crippen LogP contribution >= 0.6 is 0 Å². The Morgan fingerprint density at radius 1 is 0.793 bits per heavy atom. The molecule has 0 saturated carbocycles. The quantitative estimate of drug-likeness (QED) is 0.503. The fourth-order valence-corrected chi connectivity index (χ4v) is 3.51. The molecule has 0 bridgehead atoms. The van der Waals surface area contributed by atoms with Gasteiger partial charge in [0.2, 0.25) is 0 Å². The van der Waals surface area contributed by atoms with Gasteiger partial charge in [-0.1, -0.05) is 31.2 Å². The number of hydrogen-bond acceptors (Lipinski definition) is 6. The first-order valence-corrected chi connectivity index (χ1v) is 10.2. The van der Waals surface area contributed by atoms with Crippen molar-refractivity contribution in [3.63, 3.8) is 0 Å². The first kappa shape index (κ1) is 21.0. The lowest BCUT2D eigenvalue weighted by atomic mass is 9.82. The van der Waals surface area contributed by atoms with Gasteiger partial charge in [0.05, 0.1) is 17.7 Å². The second kappa shape index (κ2) is 9.67. The van der Waals surface area contributed by atoms with Crippen LogP contribution in [0.4, 0.5) is 11.4 Å². The molecule has 0 aliphatic heterocycles. The number of fused-ring (bicyclic) bond motifs is 2. The summed E-state index contributed by atoms with van der Waals surface area (Å²) >= 11 is 0. The minimum Gasteiger partial charge on any atom is -0.384 e. The number of ketones is 2. The largest absolute Gasteiger partial charge is 0.384 e. The molecule has 2 aromatic rings. The van der Waals surface area contributed by atoms with Crippen LogP contribution in [-0.2, 0) is 9.47 Å². The number of nitrogens with one attached hydrogen (secondary N) is 2. The van der Waals surface area contributed by atoms with Crippen LogP contribution in [0.25, 0.3) is 0 Å². The summed E-state index contributed by atoms with van der Waals surface area (Å²) in [4.78, 5) is 26.6. The number of carbonyl (C=O) groups is 2. The zero-order valence-electron chi connectivity index (χ0n) is 17.2. The van der Waals surface area contributed by atoms with Gasteiger partial charge in [-0.15, -0.1) is 0 Å². The van der Waals surface area contributed by atoms with E-state index in [9.17, 15) is 9.59 Å². The highest BCUT2D eigenvalue weighted by molar-refractivity contribution is 6.31. The zero-order valence-corrected chi connectivity index (χ0v) is 17.2. The molecule has 0 radical (unpaired) electrons. The van der Waals surface area contributed by atoms with Crippen molar-refractivity contribution in [1.29, 1.82) is 0 Å². The van der Waals surface area contributed by atoms with Crippen molar-refractivity contribution in [2.45, 2.75) is 33.5 Å². The van der Waals surface area contributed by atoms with Gasteiger partial charge in [-0.2, -0.15) is 0 Å². The van der Waals surface area contributed by atoms with Gasteiger partial charge >= 0.3 is 0 Å². The molecule has 0 spiro atoms. The predicted molar refractivity (Wildman–Crippen MR) is 114 cm³/mol. The highest BCUT2D eigenvalue weighted by Crippen LogP contribution is 2.36. The molecule has 2 N–H and O–H groups in total. The van der Waals surface area contributed by atoms with E-state index in [1.165, 1.54) is 0 Å². The summed E-state index contributed by atoms with van der Waals surface area (Å²) in [7, 11) is 0. The maximum Gasteiger partial charge on any atom is 0.196 e. The number of anilines is 2. The second-order valence-corrected chi connectivity index (χ2v) is 6.76. The zero-order chi connectivity index (χ0) is 20.8. The van der Waals surface area contributed by atoms with E-state index in [0.29, 0.717) is 53.4 Å². The molecule has 1 aliphatic carbocycles. The van der Waals surface area contributed by atoms with E-state index >= 15 is 0 Å². The standard InChI is InChI=1S/C23H28N2O4/c1-4-13-24-17-11-12-18(25-14-19(28-5-2)29-6-3)21-20(17)22(26)15-9-7-8-10-16(15)23(21)27/h7-12,19,24-25H,4-6,13-14H2,1-3H3. The van der Waals surface area contributed by atoms with Gasteiger partial charge in [-0.05, 0) is 32.4 Å². The average molecular weight is 396 g/mol. The third-order valence-corrected chi connectivity index (χ3v) is 4.81. The second-order valence-electron chi connectivity index (χ2n) is 6.76. The molecule has 154 valence electrons. The summed E-state index contributed by atoms with van der Waals surface area (Å²) in [6.45, 7) is 8.00. The summed E-state index contributed by atoms with van der Waals surface area (Å²) in [5, 5.41) is 6.54. The van der Waals surface area contributed by atoms with E-state index in [-0.39, 0.29) is 11.6 Å². The van der Waals surface area contributed by atoms with Crippen LogP contribution in [0.3, 0.4) is 0 Å². The van der Waals surface area contributed by atoms with Crippen molar-refractivity contribution in [2.24, 2.45) is 0 Å². The van der Waals surface area contributed by atoms with Gasteiger partial charge in [0.1, 0.15) is 0 Å².